The van der Waals surface area contributed by atoms with Crippen LogP contribution < -0.4 is 10.1 Å². The van der Waals surface area contributed by atoms with E-state index in [2.05, 4.69) is 5.32 Å². The van der Waals surface area contributed by atoms with Crippen molar-refractivity contribution in [3.05, 3.63) is 65.7 Å². The smallest absolute Gasteiger partial charge is 0.242 e. The van der Waals surface area contributed by atoms with Gasteiger partial charge in [-0.25, -0.2) is 0 Å². The molecule has 0 saturated heterocycles. The largest absolute Gasteiger partial charge is 0.497 e. The number of nitrogens with one attached hydrogen (secondary N) is 1. The van der Waals surface area contributed by atoms with Crippen LogP contribution in [0.4, 0.5) is 0 Å². The van der Waals surface area contributed by atoms with Crippen molar-refractivity contribution in [2.45, 2.75) is 45.8 Å². The number of ether oxygens (including phenoxy) is 1. The SMILES string of the molecule is COc1ccc(CN(C(=O)Cc2ccccc2)C(C)C(=O)NC(C)C)cc1. The third-order valence-corrected chi connectivity index (χ3v) is 4.31. The summed E-state index contributed by atoms with van der Waals surface area (Å²) in [4.78, 5) is 27.1. The zero-order valence-electron chi connectivity index (χ0n) is 16.4. The Labute approximate surface area is 161 Å². The molecule has 2 aromatic rings. The summed E-state index contributed by atoms with van der Waals surface area (Å²) in [7, 11) is 1.61. The Kier molecular flexibility index (Phi) is 7.41. The van der Waals surface area contributed by atoms with Gasteiger partial charge < -0.3 is 15.0 Å². The van der Waals surface area contributed by atoms with Gasteiger partial charge in [0.15, 0.2) is 0 Å². The molecule has 1 unspecified atom stereocenters. The first kappa shape index (κ1) is 20.5. The molecule has 0 heterocycles. The topological polar surface area (TPSA) is 58.6 Å². The van der Waals surface area contributed by atoms with Gasteiger partial charge in [0.2, 0.25) is 11.8 Å². The van der Waals surface area contributed by atoms with Crippen LogP contribution in [-0.2, 0) is 22.6 Å². The van der Waals surface area contributed by atoms with E-state index in [0.29, 0.717) is 6.54 Å². The number of methoxy groups -OCH3 is 1. The predicted molar refractivity (Wildman–Crippen MR) is 106 cm³/mol. The number of carbonyl (C=O) groups excluding carboxylic acids is 2. The first-order valence-corrected chi connectivity index (χ1v) is 9.17. The molecule has 0 aliphatic heterocycles. The molecule has 2 rings (SSSR count). The number of hydrogen-bond acceptors (Lipinski definition) is 3. The van der Waals surface area contributed by atoms with Crippen molar-refractivity contribution < 1.29 is 14.3 Å². The van der Waals surface area contributed by atoms with Gasteiger partial charge in [0.05, 0.1) is 13.5 Å². The van der Waals surface area contributed by atoms with Crippen LogP contribution in [0.5, 0.6) is 5.75 Å². The normalized spacial score (nSPS) is 11.7. The Morgan fingerprint density at radius 2 is 1.59 bits per heavy atom. The number of carbonyl (C=O) groups is 2. The fourth-order valence-corrected chi connectivity index (χ4v) is 2.79. The highest BCUT2D eigenvalue weighted by Gasteiger charge is 2.26. The second kappa shape index (κ2) is 9.76. The molecular weight excluding hydrogens is 340 g/mol. The molecule has 1 atom stereocenters. The summed E-state index contributed by atoms with van der Waals surface area (Å²) >= 11 is 0. The molecule has 0 aromatic heterocycles. The first-order chi connectivity index (χ1) is 12.9. The lowest BCUT2D eigenvalue weighted by atomic mass is 10.1. The second-order valence-electron chi connectivity index (χ2n) is 6.87. The van der Waals surface area contributed by atoms with Crippen LogP contribution in [0.2, 0.25) is 0 Å². The summed E-state index contributed by atoms with van der Waals surface area (Å²) in [5.74, 6) is 0.523. The summed E-state index contributed by atoms with van der Waals surface area (Å²) in [6.07, 6.45) is 0.260. The Bertz CT molecular complexity index is 742. The van der Waals surface area contributed by atoms with E-state index in [0.717, 1.165) is 16.9 Å². The van der Waals surface area contributed by atoms with E-state index in [9.17, 15) is 9.59 Å². The van der Waals surface area contributed by atoms with E-state index in [1.54, 1.807) is 18.9 Å². The molecule has 0 aliphatic rings. The molecule has 0 spiro atoms. The van der Waals surface area contributed by atoms with E-state index in [4.69, 9.17) is 4.74 Å². The third-order valence-electron chi connectivity index (χ3n) is 4.31. The van der Waals surface area contributed by atoms with Crippen molar-refractivity contribution in [2.24, 2.45) is 0 Å². The molecular formula is C22H28N2O3. The molecule has 0 bridgehead atoms. The van der Waals surface area contributed by atoms with Crippen molar-refractivity contribution in [1.29, 1.82) is 0 Å². The number of amides is 2. The van der Waals surface area contributed by atoms with Crippen LogP contribution in [-0.4, -0.2) is 35.9 Å². The highest BCUT2D eigenvalue weighted by atomic mass is 16.5. The van der Waals surface area contributed by atoms with Crippen LogP contribution >= 0.6 is 0 Å². The number of rotatable bonds is 8. The summed E-state index contributed by atoms with van der Waals surface area (Å²) < 4.78 is 5.19. The lowest BCUT2D eigenvalue weighted by molar-refractivity contribution is -0.140. The maximum absolute atomic E-state index is 13.0. The maximum atomic E-state index is 13.0. The van der Waals surface area contributed by atoms with Gasteiger partial charge in [-0.2, -0.15) is 0 Å². The van der Waals surface area contributed by atoms with Crippen LogP contribution in [0.1, 0.15) is 31.9 Å². The Morgan fingerprint density at radius 1 is 0.963 bits per heavy atom. The van der Waals surface area contributed by atoms with Crippen LogP contribution in [0.25, 0.3) is 0 Å². The molecule has 1 N–H and O–H groups in total. The highest BCUT2D eigenvalue weighted by molar-refractivity contribution is 5.88. The minimum Gasteiger partial charge on any atom is -0.497 e. The fourth-order valence-electron chi connectivity index (χ4n) is 2.79. The molecule has 0 saturated carbocycles. The summed E-state index contributed by atoms with van der Waals surface area (Å²) in [5.41, 5.74) is 1.88. The zero-order valence-corrected chi connectivity index (χ0v) is 16.4. The number of nitrogens with zero attached hydrogens (tertiary/aromatic N) is 1. The average Bonchev–Trinajstić information content (AvgIpc) is 2.66. The van der Waals surface area contributed by atoms with Gasteiger partial charge in [0, 0.05) is 12.6 Å². The average molecular weight is 368 g/mol. The standard InChI is InChI=1S/C22H28N2O3/c1-16(2)23-22(26)17(3)24(15-19-10-12-20(27-4)13-11-19)21(25)14-18-8-6-5-7-9-18/h5-13,16-17H,14-15H2,1-4H3,(H,23,26). The Hall–Kier alpha value is -2.82. The molecule has 0 radical (unpaired) electrons. The quantitative estimate of drug-likeness (QED) is 0.779. The van der Waals surface area contributed by atoms with E-state index >= 15 is 0 Å². The maximum Gasteiger partial charge on any atom is 0.242 e. The number of benzene rings is 2. The fraction of sp³-hybridized carbons (Fsp3) is 0.364. The van der Waals surface area contributed by atoms with Crippen LogP contribution in [0, 0.1) is 0 Å². The lowest BCUT2D eigenvalue weighted by Crippen LogP contribution is -2.49. The van der Waals surface area contributed by atoms with Gasteiger partial charge in [-0.1, -0.05) is 42.5 Å². The van der Waals surface area contributed by atoms with E-state index in [1.165, 1.54) is 0 Å². The molecule has 0 fully saturated rings. The lowest BCUT2D eigenvalue weighted by Gasteiger charge is -2.29. The van der Waals surface area contributed by atoms with Gasteiger partial charge in [-0.3, -0.25) is 9.59 Å². The van der Waals surface area contributed by atoms with Crippen molar-refractivity contribution in [2.75, 3.05) is 7.11 Å². The van der Waals surface area contributed by atoms with Crippen molar-refractivity contribution in [3.63, 3.8) is 0 Å². The van der Waals surface area contributed by atoms with Crippen LogP contribution in [0.3, 0.4) is 0 Å². The van der Waals surface area contributed by atoms with Crippen molar-refractivity contribution in [1.82, 2.24) is 10.2 Å². The first-order valence-electron chi connectivity index (χ1n) is 9.17. The minimum absolute atomic E-state index is 0.0204. The van der Waals surface area contributed by atoms with E-state index in [1.807, 2.05) is 68.4 Å². The third kappa shape index (κ3) is 6.13. The predicted octanol–water partition coefficient (Wildman–Crippen LogP) is 3.18. The Morgan fingerprint density at radius 3 is 2.15 bits per heavy atom. The summed E-state index contributed by atoms with van der Waals surface area (Å²) in [5, 5.41) is 2.89. The molecule has 0 aliphatic carbocycles. The van der Waals surface area contributed by atoms with Crippen molar-refractivity contribution >= 4 is 11.8 Å². The molecule has 27 heavy (non-hydrogen) atoms. The second-order valence-corrected chi connectivity index (χ2v) is 6.87. The van der Waals surface area contributed by atoms with Gasteiger partial charge >= 0.3 is 0 Å². The zero-order chi connectivity index (χ0) is 19.8. The minimum atomic E-state index is -0.564. The van der Waals surface area contributed by atoms with Crippen LogP contribution in [0.15, 0.2) is 54.6 Å². The van der Waals surface area contributed by atoms with Gasteiger partial charge in [0.25, 0.3) is 0 Å². The van der Waals surface area contributed by atoms with Crippen molar-refractivity contribution in [3.8, 4) is 5.75 Å². The van der Waals surface area contributed by atoms with E-state index in [-0.39, 0.29) is 24.3 Å². The summed E-state index contributed by atoms with van der Waals surface area (Å²) in [6, 6.07) is 16.6. The molecule has 5 nitrogen and oxygen atoms in total. The summed E-state index contributed by atoms with van der Waals surface area (Å²) in [6.45, 7) is 5.95. The number of hydrogen-bond donors (Lipinski definition) is 1. The molecule has 2 aromatic carbocycles. The highest BCUT2D eigenvalue weighted by Crippen LogP contribution is 2.16. The monoisotopic (exact) mass is 368 g/mol. The molecule has 2 amide bonds. The van der Waals surface area contributed by atoms with Gasteiger partial charge in [-0.15, -0.1) is 0 Å². The Balaban J connectivity index is 2.20. The molecule has 5 heteroatoms. The van der Waals surface area contributed by atoms with Gasteiger partial charge in [0.1, 0.15) is 11.8 Å². The van der Waals surface area contributed by atoms with E-state index < -0.39 is 6.04 Å². The van der Waals surface area contributed by atoms with Gasteiger partial charge in [-0.05, 0) is 44.0 Å². The molecule has 144 valence electrons.